The molecule has 0 aliphatic carbocycles. The quantitative estimate of drug-likeness (QED) is 0.794. The minimum absolute atomic E-state index is 0.242. The topological polar surface area (TPSA) is 80.3 Å². The molecule has 0 radical (unpaired) electrons. The highest BCUT2D eigenvalue weighted by molar-refractivity contribution is 6.29. The van der Waals surface area contributed by atoms with E-state index in [1.807, 2.05) is 13.8 Å². The van der Waals surface area contributed by atoms with Crippen molar-refractivity contribution in [3.8, 4) is 0 Å². The van der Waals surface area contributed by atoms with E-state index in [2.05, 4.69) is 15.6 Å². The molecule has 1 heterocycles. The fraction of sp³-hybridized carbons (Fsp3) is 0.235. The van der Waals surface area contributed by atoms with Crippen molar-refractivity contribution in [1.29, 1.82) is 0 Å². The number of carbonyl (C=O) groups is 2. The van der Waals surface area contributed by atoms with Crippen molar-refractivity contribution in [1.82, 2.24) is 4.98 Å². The number of hydrogen-bond donors (Lipinski definition) is 2. The molecule has 0 fully saturated rings. The molecule has 2 rings (SSSR count). The van der Waals surface area contributed by atoms with Gasteiger partial charge in [-0.05, 0) is 36.2 Å². The van der Waals surface area contributed by atoms with Crippen LogP contribution >= 0.6 is 11.6 Å². The normalized spacial score (nSPS) is 10.3. The maximum Gasteiger partial charge on any atom is 0.411 e. The molecular weight excluding hydrogens is 330 g/mol. The molecule has 126 valence electrons. The van der Waals surface area contributed by atoms with Crippen LogP contribution in [0.2, 0.25) is 5.15 Å². The van der Waals surface area contributed by atoms with Gasteiger partial charge in [0.2, 0.25) is 0 Å². The number of nitrogens with one attached hydrogen (secondary N) is 2. The molecule has 0 atom stereocenters. The molecule has 0 spiro atoms. The van der Waals surface area contributed by atoms with Crippen molar-refractivity contribution in [2.45, 2.75) is 13.8 Å². The number of benzene rings is 1. The Balaban J connectivity index is 1.99. The van der Waals surface area contributed by atoms with Gasteiger partial charge in [-0.3, -0.25) is 10.1 Å². The van der Waals surface area contributed by atoms with Crippen LogP contribution < -0.4 is 10.6 Å². The molecule has 0 aliphatic rings. The third-order valence-electron chi connectivity index (χ3n) is 2.90. The first-order chi connectivity index (χ1) is 11.4. The molecule has 2 N–H and O–H groups in total. The molecule has 2 amide bonds. The second kappa shape index (κ2) is 8.31. The average molecular weight is 348 g/mol. The van der Waals surface area contributed by atoms with Crippen LogP contribution in [0.5, 0.6) is 0 Å². The number of anilines is 2. The van der Waals surface area contributed by atoms with Crippen molar-refractivity contribution in [3.05, 3.63) is 53.3 Å². The second-order valence-electron chi connectivity index (χ2n) is 5.52. The van der Waals surface area contributed by atoms with Crippen LogP contribution in [-0.2, 0) is 4.74 Å². The summed E-state index contributed by atoms with van der Waals surface area (Å²) in [4.78, 5) is 27.7. The summed E-state index contributed by atoms with van der Waals surface area (Å²) in [6, 6.07) is 9.81. The molecule has 2 aromatic rings. The second-order valence-corrected chi connectivity index (χ2v) is 5.91. The largest absolute Gasteiger partial charge is 0.449 e. The zero-order valence-electron chi connectivity index (χ0n) is 13.4. The minimum Gasteiger partial charge on any atom is -0.449 e. The first-order valence-corrected chi connectivity index (χ1v) is 7.78. The number of rotatable bonds is 5. The van der Waals surface area contributed by atoms with E-state index in [0.717, 1.165) is 0 Å². The highest BCUT2D eigenvalue weighted by Crippen LogP contribution is 2.17. The average Bonchev–Trinajstić information content (AvgIpc) is 2.53. The van der Waals surface area contributed by atoms with E-state index < -0.39 is 6.09 Å². The van der Waals surface area contributed by atoms with Gasteiger partial charge in [0.25, 0.3) is 5.91 Å². The summed E-state index contributed by atoms with van der Waals surface area (Å²) in [5, 5.41) is 5.59. The lowest BCUT2D eigenvalue weighted by atomic mass is 10.2. The molecule has 0 saturated carbocycles. The molecule has 1 aromatic heterocycles. The van der Waals surface area contributed by atoms with Gasteiger partial charge in [-0.1, -0.05) is 31.5 Å². The van der Waals surface area contributed by atoms with Crippen LogP contribution in [-0.4, -0.2) is 23.6 Å². The van der Waals surface area contributed by atoms with E-state index in [1.165, 1.54) is 12.3 Å². The highest BCUT2D eigenvalue weighted by Gasteiger charge is 2.09. The molecule has 0 aliphatic heterocycles. The summed E-state index contributed by atoms with van der Waals surface area (Å²) in [5.41, 5.74) is 1.45. The summed E-state index contributed by atoms with van der Waals surface area (Å²) >= 11 is 5.77. The summed E-state index contributed by atoms with van der Waals surface area (Å²) < 4.78 is 5.05. The fourth-order valence-corrected chi connectivity index (χ4v) is 1.99. The smallest absolute Gasteiger partial charge is 0.411 e. The number of ether oxygens (including phenoxy) is 1. The molecule has 24 heavy (non-hydrogen) atoms. The standard InChI is InChI=1S/C17H18ClN3O3/c1-11(2)10-24-17(23)21-14-5-3-4-13(9-14)20-16(22)12-6-7-19-15(18)8-12/h3-9,11H,10H2,1-2H3,(H,20,22)(H,21,23). The van der Waals surface area contributed by atoms with E-state index in [0.29, 0.717) is 23.5 Å². The Morgan fingerprint density at radius 3 is 2.54 bits per heavy atom. The lowest BCUT2D eigenvalue weighted by molar-refractivity contribution is 0.102. The first-order valence-electron chi connectivity index (χ1n) is 7.41. The maximum absolute atomic E-state index is 12.2. The Bertz CT molecular complexity index is 735. The SMILES string of the molecule is CC(C)COC(=O)Nc1cccc(NC(=O)c2ccnc(Cl)c2)c1. The van der Waals surface area contributed by atoms with E-state index >= 15 is 0 Å². The van der Waals surface area contributed by atoms with Gasteiger partial charge in [-0.15, -0.1) is 0 Å². The Hall–Kier alpha value is -2.60. The van der Waals surface area contributed by atoms with Crippen molar-refractivity contribution >= 4 is 35.0 Å². The summed E-state index contributed by atoms with van der Waals surface area (Å²) in [6.07, 6.45) is 0.924. The molecule has 6 nitrogen and oxygen atoms in total. The number of hydrogen-bond acceptors (Lipinski definition) is 4. The molecule has 7 heteroatoms. The van der Waals surface area contributed by atoms with Crippen LogP contribution in [0, 0.1) is 5.92 Å². The number of carbonyl (C=O) groups excluding carboxylic acids is 2. The third-order valence-corrected chi connectivity index (χ3v) is 3.11. The van der Waals surface area contributed by atoms with Gasteiger partial charge in [-0.25, -0.2) is 9.78 Å². The Morgan fingerprint density at radius 1 is 1.17 bits per heavy atom. The monoisotopic (exact) mass is 347 g/mol. The lowest BCUT2D eigenvalue weighted by Crippen LogP contribution is -2.17. The van der Waals surface area contributed by atoms with E-state index in [9.17, 15) is 9.59 Å². The van der Waals surface area contributed by atoms with Gasteiger partial charge < -0.3 is 10.1 Å². The molecule has 1 aromatic carbocycles. The Labute approximate surface area is 145 Å². The zero-order chi connectivity index (χ0) is 17.5. The summed E-state index contributed by atoms with van der Waals surface area (Å²) in [5.74, 6) is -0.0626. The van der Waals surface area contributed by atoms with Crippen LogP contribution in [0.1, 0.15) is 24.2 Å². The van der Waals surface area contributed by atoms with Crippen molar-refractivity contribution in [2.24, 2.45) is 5.92 Å². The lowest BCUT2D eigenvalue weighted by Gasteiger charge is -2.10. The summed E-state index contributed by atoms with van der Waals surface area (Å²) in [7, 11) is 0. The van der Waals surface area contributed by atoms with Gasteiger partial charge in [0.05, 0.1) is 6.61 Å². The highest BCUT2D eigenvalue weighted by atomic mass is 35.5. The molecule has 0 saturated heterocycles. The van der Waals surface area contributed by atoms with E-state index in [4.69, 9.17) is 16.3 Å². The van der Waals surface area contributed by atoms with Crippen molar-refractivity contribution in [3.63, 3.8) is 0 Å². The third kappa shape index (κ3) is 5.55. The predicted octanol–water partition coefficient (Wildman–Crippen LogP) is 4.19. The minimum atomic E-state index is -0.534. The van der Waals surface area contributed by atoms with E-state index in [-0.39, 0.29) is 17.0 Å². The number of amides is 2. The van der Waals surface area contributed by atoms with Gasteiger partial charge in [0, 0.05) is 23.1 Å². The molecule has 0 unspecified atom stereocenters. The van der Waals surface area contributed by atoms with Crippen LogP contribution in [0.25, 0.3) is 0 Å². The predicted molar refractivity (Wildman–Crippen MR) is 93.5 cm³/mol. The van der Waals surface area contributed by atoms with Crippen LogP contribution in [0.15, 0.2) is 42.6 Å². The number of aromatic nitrogens is 1. The number of nitrogens with zero attached hydrogens (tertiary/aromatic N) is 1. The molecular formula is C17H18ClN3O3. The van der Waals surface area contributed by atoms with Gasteiger partial charge in [-0.2, -0.15) is 0 Å². The number of pyridine rings is 1. The Morgan fingerprint density at radius 2 is 1.88 bits per heavy atom. The van der Waals surface area contributed by atoms with Crippen LogP contribution in [0.4, 0.5) is 16.2 Å². The van der Waals surface area contributed by atoms with Gasteiger partial charge in [0.1, 0.15) is 5.15 Å². The van der Waals surface area contributed by atoms with Gasteiger partial charge >= 0.3 is 6.09 Å². The van der Waals surface area contributed by atoms with Crippen molar-refractivity contribution in [2.75, 3.05) is 17.2 Å². The summed E-state index contributed by atoms with van der Waals surface area (Å²) in [6.45, 7) is 4.24. The van der Waals surface area contributed by atoms with Crippen LogP contribution in [0.3, 0.4) is 0 Å². The van der Waals surface area contributed by atoms with Gasteiger partial charge in [0.15, 0.2) is 0 Å². The molecule has 0 bridgehead atoms. The van der Waals surface area contributed by atoms with E-state index in [1.54, 1.807) is 30.3 Å². The maximum atomic E-state index is 12.2. The Kier molecular flexibility index (Phi) is 6.14. The van der Waals surface area contributed by atoms with Crippen molar-refractivity contribution < 1.29 is 14.3 Å². The zero-order valence-corrected chi connectivity index (χ0v) is 14.1. The first kappa shape index (κ1) is 17.7. The number of halogens is 1. The fourth-order valence-electron chi connectivity index (χ4n) is 1.82.